The average Bonchev–Trinajstić information content (AvgIpc) is 3.30. The van der Waals surface area contributed by atoms with Crippen molar-refractivity contribution < 1.29 is 23.5 Å². The third-order valence-corrected chi connectivity index (χ3v) is 7.19. The van der Waals surface area contributed by atoms with Crippen LogP contribution in [-0.2, 0) is 20.9 Å². The van der Waals surface area contributed by atoms with Crippen LogP contribution in [0.5, 0.6) is 0 Å². The second-order valence-electron chi connectivity index (χ2n) is 11.2. The lowest BCUT2D eigenvalue weighted by Gasteiger charge is -2.22. The Balaban J connectivity index is 1.53. The van der Waals surface area contributed by atoms with Gasteiger partial charge in [0.05, 0.1) is 0 Å². The van der Waals surface area contributed by atoms with E-state index in [-0.39, 0.29) is 18.7 Å². The van der Waals surface area contributed by atoms with Gasteiger partial charge in [-0.2, -0.15) is 0 Å². The first-order valence-corrected chi connectivity index (χ1v) is 14.4. The van der Waals surface area contributed by atoms with Crippen LogP contribution >= 0.6 is 12.2 Å². The molecule has 1 heterocycles. The molecule has 0 aliphatic heterocycles. The van der Waals surface area contributed by atoms with E-state index in [0.717, 1.165) is 26.9 Å². The number of fused-ring (bicyclic) bond motifs is 1. The largest absolute Gasteiger partial charge is 0.460 e. The minimum Gasteiger partial charge on any atom is -0.460 e. The van der Waals surface area contributed by atoms with Crippen LogP contribution < -0.4 is 10.6 Å². The van der Waals surface area contributed by atoms with Crippen LogP contribution in [0.2, 0.25) is 0 Å². The van der Waals surface area contributed by atoms with Crippen LogP contribution in [0.15, 0.2) is 78.4 Å². The van der Waals surface area contributed by atoms with Crippen molar-refractivity contribution in [1.29, 1.82) is 0 Å². The van der Waals surface area contributed by atoms with Crippen LogP contribution in [0.3, 0.4) is 0 Å². The minimum atomic E-state index is -0.977. The number of amides is 2. The lowest BCUT2D eigenvalue weighted by Crippen LogP contribution is -2.47. The summed E-state index contributed by atoms with van der Waals surface area (Å²) in [5, 5.41) is 6.60. The number of para-hydroxylation sites is 1. The lowest BCUT2D eigenvalue weighted by molar-refractivity contribution is -0.155. The summed E-state index contributed by atoms with van der Waals surface area (Å²) in [5.41, 5.74) is 2.32. The molecular formula is C33H36FN3O4S. The van der Waals surface area contributed by atoms with Crippen LogP contribution in [0.4, 0.5) is 4.39 Å². The highest BCUT2D eigenvalue weighted by atomic mass is 32.1. The lowest BCUT2D eigenvalue weighted by atomic mass is 10.0. The quantitative estimate of drug-likeness (QED) is 0.218. The van der Waals surface area contributed by atoms with E-state index in [4.69, 9.17) is 17.0 Å². The fraction of sp³-hybridized carbons (Fsp3) is 0.333. The summed E-state index contributed by atoms with van der Waals surface area (Å²) < 4.78 is 20.8. The second-order valence-corrected chi connectivity index (χ2v) is 11.7. The van der Waals surface area contributed by atoms with E-state index in [9.17, 15) is 18.8 Å². The Kier molecular flexibility index (Phi) is 10.1. The van der Waals surface area contributed by atoms with Gasteiger partial charge >= 0.3 is 5.97 Å². The van der Waals surface area contributed by atoms with Gasteiger partial charge in [0, 0.05) is 41.7 Å². The van der Waals surface area contributed by atoms with Crippen molar-refractivity contribution in [2.45, 2.75) is 64.6 Å². The van der Waals surface area contributed by atoms with Crippen molar-refractivity contribution in [3.8, 4) is 0 Å². The molecule has 0 bridgehead atoms. The van der Waals surface area contributed by atoms with Gasteiger partial charge in [0.1, 0.15) is 23.2 Å². The number of hydrogen-bond donors (Lipinski definition) is 2. The molecule has 2 N–H and O–H groups in total. The molecule has 3 aromatic rings. The number of ether oxygens (including phenoxy) is 1. The van der Waals surface area contributed by atoms with Gasteiger partial charge in [-0.15, -0.1) is 0 Å². The number of thiocarbonyl (C=S) groups is 1. The van der Waals surface area contributed by atoms with E-state index in [1.165, 1.54) is 12.1 Å². The highest BCUT2D eigenvalue weighted by Gasteiger charge is 2.26. The maximum absolute atomic E-state index is 13.7. The molecule has 42 heavy (non-hydrogen) atoms. The first kappa shape index (κ1) is 30.8. The number of hydrogen-bond acceptors (Lipinski definition) is 5. The summed E-state index contributed by atoms with van der Waals surface area (Å²) in [6.07, 6.45) is 7.16. The molecule has 0 unspecified atom stereocenters. The summed E-state index contributed by atoms with van der Waals surface area (Å²) in [6.45, 7) is 5.99. The van der Waals surface area contributed by atoms with Gasteiger partial charge in [-0.3, -0.25) is 14.4 Å². The van der Waals surface area contributed by atoms with Crippen LogP contribution in [0, 0.1) is 5.82 Å². The normalized spacial score (nSPS) is 13.9. The zero-order chi connectivity index (χ0) is 30.3. The number of nitrogens with one attached hydrogen (secondary N) is 2. The Labute approximate surface area is 250 Å². The third kappa shape index (κ3) is 8.45. The Bertz CT molecular complexity index is 1530. The average molecular weight is 590 g/mol. The summed E-state index contributed by atoms with van der Waals surface area (Å²) >= 11 is 5.41. The fourth-order valence-corrected chi connectivity index (χ4v) is 5.01. The monoisotopic (exact) mass is 589 g/mol. The minimum absolute atomic E-state index is 0.0474. The molecule has 0 radical (unpaired) electrons. The molecule has 0 saturated heterocycles. The molecule has 1 aliphatic rings. The summed E-state index contributed by atoms with van der Waals surface area (Å²) in [4.78, 5) is 40.3. The number of carbonyl (C=O) groups is 3. The summed E-state index contributed by atoms with van der Waals surface area (Å²) in [7, 11) is 0. The number of aromatic nitrogens is 1. The van der Waals surface area contributed by atoms with Crippen molar-refractivity contribution in [2.24, 2.45) is 0 Å². The molecular weight excluding hydrogens is 553 g/mol. The van der Waals surface area contributed by atoms with Gasteiger partial charge in [0.15, 0.2) is 0 Å². The highest BCUT2D eigenvalue weighted by molar-refractivity contribution is 7.80. The zero-order valence-corrected chi connectivity index (χ0v) is 24.9. The SMILES string of the molecule is CC(C)(C)OC(=O)CC[C@H](NC(=O)c1cc2ccccc2n1Cc1ccc(F)cc1)C(=O)NCCC1=CC=CCC1=S. The number of rotatable bonds is 11. The van der Waals surface area contributed by atoms with E-state index in [1.54, 1.807) is 39.0 Å². The molecule has 7 nitrogen and oxygen atoms in total. The molecule has 220 valence electrons. The number of allylic oxidation sites excluding steroid dienone is 3. The maximum atomic E-state index is 13.7. The topological polar surface area (TPSA) is 89.4 Å². The van der Waals surface area contributed by atoms with Gasteiger partial charge in [0.25, 0.3) is 5.91 Å². The van der Waals surface area contributed by atoms with E-state index in [1.807, 2.05) is 47.1 Å². The smallest absolute Gasteiger partial charge is 0.306 e. The predicted octanol–water partition coefficient (Wildman–Crippen LogP) is 5.81. The Hall–Kier alpha value is -4.11. The van der Waals surface area contributed by atoms with E-state index in [0.29, 0.717) is 31.6 Å². The predicted molar refractivity (Wildman–Crippen MR) is 166 cm³/mol. The Morgan fingerprint density at radius 2 is 1.83 bits per heavy atom. The van der Waals surface area contributed by atoms with Crippen molar-refractivity contribution in [3.05, 3.63) is 95.5 Å². The van der Waals surface area contributed by atoms with Crippen molar-refractivity contribution >= 4 is 45.8 Å². The van der Waals surface area contributed by atoms with Crippen LogP contribution in [0.25, 0.3) is 10.9 Å². The van der Waals surface area contributed by atoms with Crippen LogP contribution in [0.1, 0.15) is 62.5 Å². The van der Waals surface area contributed by atoms with Crippen molar-refractivity contribution in [1.82, 2.24) is 15.2 Å². The molecule has 0 fully saturated rings. The molecule has 0 saturated carbocycles. The van der Waals surface area contributed by atoms with E-state index >= 15 is 0 Å². The molecule has 1 atom stereocenters. The number of esters is 1. The maximum Gasteiger partial charge on any atom is 0.306 e. The van der Waals surface area contributed by atoms with Gasteiger partial charge in [-0.25, -0.2) is 4.39 Å². The van der Waals surface area contributed by atoms with Crippen molar-refractivity contribution in [3.63, 3.8) is 0 Å². The Morgan fingerprint density at radius 3 is 2.55 bits per heavy atom. The van der Waals surface area contributed by atoms with Gasteiger partial charge in [-0.05, 0) is 69.0 Å². The first-order valence-electron chi connectivity index (χ1n) is 14.0. The zero-order valence-electron chi connectivity index (χ0n) is 24.1. The number of benzene rings is 2. The summed E-state index contributed by atoms with van der Waals surface area (Å²) in [5.74, 6) is -1.65. The van der Waals surface area contributed by atoms with Crippen molar-refractivity contribution in [2.75, 3.05) is 6.54 Å². The highest BCUT2D eigenvalue weighted by Crippen LogP contribution is 2.22. The summed E-state index contributed by atoms with van der Waals surface area (Å²) in [6, 6.07) is 14.5. The molecule has 1 aromatic heterocycles. The number of halogens is 1. The van der Waals surface area contributed by atoms with Gasteiger partial charge in [0.2, 0.25) is 5.91 Å². The first-order chi connectivity index (χ1) is 20.0. The van der Waals surface area contributed by atoms with E-state index < -0.39 is 29.4 Å². The molecule has 2 amide bonds. The molecule has 0 spiro atoms. The standard InChI is InChI=1S/C33H36FN3O4S/c1-33(2,3)41-30(38)17-16-26(31(39)35-19-18-23-8-5-7-11-29(23)42)36-32(40)28-20-24-9-4-6-10-27(24)37(28)21-22-12-14-25(34)15-13-22/h4-10,12-15,20,26H,11,16-19,21H2,1-3H3,(H,35,39)(H,36,40)/t26-/m0/s1. The van der Waals surface area contributed by atoms with E-state index in [2.05, 4.69) is 10.6 Å². The molecule has 9 heteroatoms. The third-order valence-electron chi connectivity index (χ3n) is 6.76. The van der Waals surface area contributed by atoms with Gasteiger partial charge < -0.3 is 19.9 Å². The van der Waals surface area contributed by atoms with Gasteiger partial charge in [-0.1, -0.05) is 60.8 Å². The number of nitrogens with zero attached hydrogens (tertiary/aromatic N) is 1. The Morgan fingerprint density at radius 1 is 1.10 bits per heavy atom. The second kappa shape index (κ2) is 13.7. The number of carbonyl (C=O) groups excluding carboxylic acids is 3. The molecule has 1 aliphatic carbocycles. The van der Waals surface area contributed by atoms with Crippen LogP contribution in [-0.4, -0.2) is 45.4 Å². The fourth-order valence-electron chi connectivity index (χ4n) is 4.75. The molecule has 4 rings (SSSR count). The molecule has 2 aromatic carbocycles.